The van der Waals surface area contributed by atoms with Gasteiger partial charge in [-0.15, -0.1) is 0 Å². The van der Waals surface area contributed by atoms with Gasteiger partial charge in [0.15, 0.2) is 6.54 Å². The lowest BCUT2D eigenvalue weighted by molar-refractivity contribution is -0.571. The van der Waals surface area contributed by atoms with Gasteiger partial charge in [0.25, 0.3) is 5.91 Å². The Balaban J connectivity index is 2.08. The Hall–Kier alpha value is -2.49. The molecule has 10 heteroatoms. The highest BCUT2D eigenvalue weighted by Crippen LogP contribution is 2.23. The fraction of sp³-hybridized carbons (Fsp3) is 0.667. The van der Waals surface area contributed by atoms with Crippen LogP contribution in [0.4, 0.5) is 4.79 Å². The van der Waals surface area contributed by atoms with Crippen molar-refractivity contribution < 1.29 is 28.8 Å². The van der Waals surface area contributed by atoms with Crippen molar-refractivity contribution in [3.63, 3.8) is 0 Å². The summed E-state index contributed by atoms with van der Waals surface area (Å²) in [5, 5.41) is 9.30. The van der Waals surface area contributed by atoms with Gasteiger partial charge in [0.2, 0.25) is 11.9 Å². The number of guanidine groups is 1. The summed E-state index contributed by atoms with van der Waals surface area (Å²) in [6, 6.07) is -1.40. The molecule has 2 saturated heterocycles. The van der Waals surface area contributed by atoms with E-state index in [0.717, 1.165) is 4.90 Å². The SMILES string of the molecule is CC1C[N+](=C2N=C3C(C(=O)N(C)C(=O)N3C)N2CC(=O)O)CC(C)O1. The van der Waals surface area contributed by atoms with E-state index in [-0.39, 0.29) is 24.6 Å². The molecule has 3 rings (SSSR count). The molecule has 3 heterocycles. The van der Waals surface area contributed by atoms with E-state index in [4.69, 9.17) is 4.74 Å². The Morgan fingerprint density at radius 2 is 1.84 bits per heavy atom. The Labute approximate surface area is 145 Å². The average molecular weight is 352 g/mol. The minimum atomic E-state index is -1.07. The Morgan fingerprint density at radius 3 is 2.40 bits per heavy atom. The number of ether oxygens (including phenoxy) is 1. The number of hydrogen-bond donors (Lipinski definition) is 1. The van der Waals surface area contributed by atoms with Crippen LogP contribution in [0.2, 0.25) is 0 Å². The number of carbonyl (C=O) groups excluding carboxylic acids is 2. The number of rotatable bonds is 2. The van der Waals surface area contributed by atoms with Crippen LogP contribution in [-0.4, -0.2) is 106 Å². The van der Waals surface area contributed by atoms with Crippen molar-refractivity contribution in [2.75, 3.05) is 33.7 Å². The number of urea groups is 1. The van der Waals surface area contributed by atoms with Crippen LogP contribution in [0.1, 0.15) is 13.8 Å². The van der Waals surface area contributed by atoms with Crippen LogP contribution in [0, 0.1) is 0 Å². The molecule has 136 valence electrons. The topological polar surface area (TPSA) is 106 Å². The highest BCUT2D eigenvalue weighted by atomic mass is 16.5. The standard InChI is InChI=1S/C15H21N5O5/c1-8-5-19(6-9(2)25-8)14-16-12-11(20(14)7-10(21)22)13(23)18(4)15(24)17(12)3/h8-9,11H,5-7H2,1-4H3/p+1. The number of aliphatic imine (C=N–C) groups is 1. The number of amides is 3. The normalized spacial score (nSPS) is 30.0. The van der Waals surface area contributed by atoms with Crippen molar-refractivity contribution >= 4 is 29.7 Å². The first-order chi connectivity index (χ1) is 11.7. The number of amidine groups is 1. The molecule has 3 aliphatic rings. The molecule has 0 aliphatic carbocycles. The summed E-state index contributed by atoms with van der Waals surface area (Å²) in [4.78, 5) is 44.4. The van der Waals surface area contributed by atoms with Gasteiger partial charge in [0, 0.05) is 14.1 Å². The lowest BCUT2D eigenvalue weighted by Gasteiger charge is -2.33. The van der Waals surface area contributed by atoms with Crippen molar-refractivity contribution in [1.29, 1.82) is 0 Å². The van der Waals surface area contributed by atoms with Crippen molar-refractivity contribution in [3.05, 3.63) is 0 Å². The number of aliphatic carboxylic acids is 1. The molecule has 0 saturated carbocycles. The first-order valence-corrected chi connectivity index (χ1v) is 8.10. The quantitative estimate of drug-likeness (QED) is 0.630. The predicted octanol–water partition coefficient (Wildman–Crippen LogP) is -1.15. The van der Waals surface area contributed by atoms with Crippen molar-refractivity contribution in [2.24, 2.45) is 4.99 Å². The summed E-state index contributed by atoms with van der Waals surface area (Å²) in [5.74, 6) is -0.894. The molecule has 1 N–H and O–H groups in total. The Bertz CT molecular complexity index is 690. The number of likely N-dealkylation sites (N-methyl/N-ethyl adjacent to an activating group) is 2. The molecule has 10 nitrogen and oxygen atoms in total. The third kappa shape index (κ3) is 2.86. The third-order valence-electron chi connectivity index (χ3n) is 4.52. The minimum absolute atomic E-state index is 0.0523. The maximum absolute atomic E-state index is 12.6. The third-order valence-corrected chi connectivity index (χ3v) is 4.52. The van der Waals surface area contributed by atoms with E-state index in [9.17, 15) is 19.5 Å². The van der Waals surface area contributed by atoms with Crippen LogP contribution < -0.4 is 0 Å². The average Bonchev–Trinajstić information content (AvgIpc) is 2.88. The number of hydrogen-bond acceptors (Lipinski definition) is 4. The highest BCUT2D eigenvalue weighted by Gasteiger charge is 2.56. The Morgan fingerprint density at radius 1 is 1.24 bits per heavy atom. The molecule has 0 aromatic carbocycles. The summed E-state index contributed by atoms with van der Waals surface area (Å²) in [7, 11) is 2.91. The molecule has 0 aromatic heterocycles. The van der Waals surface area contributed by atoms with E-state index in [1.165, 1.54) is 23.9 Å². The van der Waals surface area contributed by atoms with Crippen LogP contribution in [-0.2, 0) is 14.3 Å². The van der Waals surface area contributed by atoms with Gasteiger partial charge in [-0.25, -0.2) is 14.5 Å². The predicted molar refractivity (Wildman–Crippen MR) is 86.5 cm³/mol. The monoisotopic (exact) mass is 352 g/mol. The zero-order valence-corrected chi connectivity index (χ0v) is 14.7. The van der Waals surface area contributed by atoms with Crippen molar-refractivity contribution in [3.8, 4) is 0 Å². The number of fused-ring (bicyclic) bond motifs is 1. The molecular weight excluding hydrogens is 330 g/mol. The van der Waals surface area contributed by atoms with Crippen LogP contribution >= 0.6 is 0 Å². The lowest BCUT2D eigenvalue weighted by Crippen LogP contribution is -2.63. The zero-order chi connectivity index (χ0) is 18.5. The van der Waals surface area contributed by atoms with Crippen LogP contribution in [0.3, 0.4) is 0 Å². The smallest absolute Gasteiger partial charge is 0.393 e. The second kappa shape index (κ2) is 6.10. The Kier molecular flexibility index (Phi) is 4.23. The number of nitrogens with zero attached hydrogens (tertiary/aromatic N) is 5. The molecule has 3 unspecified atom stereocenters. The van der Waals surface area contributed by atoms with Crippen molar-refractivity contribution in [2.45, 2.75) is 32.1 Å². The first-order valence-electron chi connectivity index (χ1n) is 8.10. The molecule has 3 atom stereocenters. The molecule has 25 heavy (non-hydrogen) atoms. The number of carboxylic acid groups (broad SMARTS) is 1. The van der Waals surface area contributed by atoms with E-state index < -0.39 is 23.9 Å². The zero-order valence-electron chi connectivity index (χ0n) is 14.7. The van der Waals surface area contributed by atoms with Gasteiger partial charge in [0.1, 0.15) is 0 Å². The summed E-state index contributed by atoms with van der Waals surface area (Å²) in [6.45, 7) is 4.53. The molecule has 2 fully saturated rings. The van der Waals surface area contributed by atoms with Gasteiger partial charge < -0.3 is 9.84 Å². The second-order valence-corrected chi connectivity index (χ2v) is 6.60. The van der Waals surface area contributed by atoms with E-state index >= 15 is 0 Å². The molecular formula is C15H22N5O5+. The highest BCUT2D eigenvalue weighted by molar-refractivity contribution is 6.25. The van der Waals surface area contributed by atoms with Crippen molar-refractivity contribution in [1.82, 2.24) is 14.7 Å². The summed E-state index contributed by atoms with van der Waals surface area (Å²) >= 11 is 0. The number of morpholine rings is 1. The summed E-state index contributed by atoms with van der Waals surface area (Å²) in [6.07, 6.45) is -0.105. The molecule has 0 bridgehead atoms. The fourth-order valence-corrected chi connectivity index (χ4v) is 3.49. The van der Waals surface area contributed by atoms with Gasteiger partial charge in [-0.2, -0.15) is 0 Å². The summed E-state index contributed by atoms with van der Waals surface area (Å²) < 4.78 is 7.62. The van der Waals surface area contributed by atoms with E-state index in [0.29, 0.717) is 19.0 Å². The molecule has 3 aliphatic heterocycles. The van der Waals surface area contributed by atoms with Crippen LogP contribution in [0.15, 0.2) is 4.99 Å². The van der Waals surface area contributed by atoms with E-state index in [1.807, 2.05) is 18.4 Å². The maximum atomic E-state index is 12.6. The molecule has 0 radical (unpaired) electrons. The fourth-order valence-electron chi connectivity index (χ4n) is 3.49. The van der Waals surface area contributed by atoms with Gasteiger partial charge in [-0.05, 0) is 13.8 Å². The minimum Gasteiger partial charge on any atom is -0.479 e. The van der Waals surface area contributed by atoms with Gasteiger partial charge >= 0.3 is 18.0 Å². The first kappa shape index (κ1) is 17.3. The van der Waals surface area contributed by atoms with Gasteiger partial charge in [-0.1, -0.05) is 4.99 Å². The maximum Gasteiger partial charge on any atom is 0.393 e. The van der Waals surface area contributed by atoms with E-state index in [2.05, 4.69) is 4.99 Å². The molecule has 0 spiro atoms. The number of carboxylic acids is 1. The number of carbonyl (C=O) groups is 3. The van der Waals surface area contributed by atoms with Gasteiger partial charge in [-0.3, -0.25) is 19.2 Å². The van der Waals surface area contributed by atoms with Crippen LogP contribution in [0.25, 0.3) is 0 Å². The lowest BCUT2D eigenvalue weighted by atomic mass is 10.1. The summed E-state index contributed by atoms with van der Waals surface area (Å²) in [5.41, 5.74) is 0. The van der Waals surface area contributed by atoms with Gasteiger partial charge in [0.05, 0.1) is 25.3 Å². The van der Waals surface area contributed by atoms with Crippen LogP contribution in [0.5, 0.6) is 0 Å². The second-order valence-electron chi connectivity index (χ2n) is 6.60. The molecule has 3 amide bonds. The largest absolute Gasteiger partial charge is 0.479 e. The number of imide groups is 1. The van der Waals surface area contributed by atoms with E-state index in [1.54, 1.807) is 0 Å². The molecule has 0 aromatic rings.